The molecular formula is C11H8F6O2. The second kappa shape index (κ2) is 4.75. The minimum atomic E-state index is -4.95. The molecule has 106 valence electrons. The highest BCUT2D eigenvalue weighted by molar-refractivity contribution is 5.91. The van der Waals surface area contributed by atoms with Crippen LogP contribution in [0.3, 0.4) is 0 Å². The van der Waals surface area contributed by atoms with Gasteiger partial charge in [-0.25, -0.2) is 4.79 Å². The Balaban J connectivity index is 3.60. The third-order valence-electron chi connectivity index (χ3n) is 2.38. The number of halogens is 6. The lowest BCUT2D eigenvalue weighted by molar-refractivity contribution is -0.142. The van der Waals surface area contributed by atoms with Crippen molar-refractivity contribution in [2.75, 3.05) is 7.11 Å². The Morgan fingerprint density at radius 3 is 1.84 bits per heavy atom. The van der Waals surface area contributed by atoms with E-state index in [4.69, 9.17) is 0 Å². The highest BCUT2D eigenvalue weighted by Gasteiger charge is 2.40. The minimum Gasteiger partial charge on any atom is -0.465 e. The van der Waals surface area contributed by atoms with Crippen LogP contribution in [-0.4, -0.2) is 13.1 Å². The zero-order chi connectivity index (χ0) is 15.0. The largest absolute Gasteiger partial charge is 0.465 e. The molecule has 2 nitrogen and oxygen atoms in total. The third-order valence-corrected chi connectivity index (χ3v) is 2.38. The number of rotatable bonds is 1. The molecule has 0 saturated heterocycles. The number of carbonyl (C=O) groups is 1. The lowest BCUT2D eigenvalue weighted by Gasteiger charge is -2.16. The van der Waals surface area contributed by atoms with Gasteiger partial charge in [-0.05, 0) is 24.6 Å². The van der Waals surface area contributed by atoms with Crippen LogP contribution < -0.4 is 0 Å². The summed E-state index contributed by atoms with van der Waals surface area (Å²) in [5.74, 6) is -1.47. The van der Waals surface area contributed by atoms with Crippen LogP contribution in [0.2, 0.25) is 0 Å². The van der Waals surface area contributed by atoms with Crippen LogP contribution in [0, 0.1) is 6.92 Å². The fourth-order valence-electron chi connectivity index (χ4n) is 1.53. The first-order chi connectivity index (χ1) is 8.48. The van der Waals surface area contributed by atoms with Gasteiger partial charge in [0.1, 0.15) is 0 Å². The monoisotopic (exact) mass is 286 g/mol. The Bertz CT molecular complexity index is 501. The molecule has 0 fully saturated rings. The number of hydrogen-bond donors (Lipinski definition) is 0. The van der Waals surface area contributed by atoms with Gasteiger partial charge >= 0.3 is 18.3 Å². The summed E-state index contributed by atoms with van der Waals surface area (Å²) in [5.41, 5.74) is -4.54. The lowest BCUT2D eigenvalue weighted by Crippen LogP contribution is -2.18. The number of carbonyl (C=O) groups excluding carboxylic acids is 1. The summed E-state index contributed by atoms with van der Waals surface area (Å²) in [5, 5.41) is 0. The quantitative estimate of drug-likeness (QED) is 0.579. The van der Waals surface area contributed by atoms with E-state index < -0.39 is 40.6 Å². The molecule has 0 saturated carbocycles. The molecule has 0 aliphatic rings. The molecule has 0 N–H and O–H groups in total. The standard InChI is InChI=1S/C11H8F6O2/c1-5-3-8(11(15,16)17)6(9(18)19-2)4-7(5)10(12,13)14/h3-4H,1-2H3. The van der Waals surface area contributed by atoms with E-state index in [-0.39, 0.29) is 12.1 Å². The van der Waals surface area contributed by atoms with Crippen molar-refractivity contribution in [3.63, 3.8) is 0 Å². The van der Waals surface area contributed by atoms with Crippen molar-refractivity contribution in [3.05, 3.63) is 34.4 Å². The summed E-state index contributed by atoms with van der Waals surface area (Å²) in [6.07, 6.45) is -9.80. The van der Waals surface area contributed by atoms with Crippen molar-refractivity contribution in [2.45, 2.75) is 19.3 Å². The van der Waals surface area contributed by atoms with Crippen molar-refractivity contribution < 1.29 is 35.9 Å². The van der Waals surface area contributed by atoms with Gasteiger partial charge in [0.05, 0.1) is 23.8 Å². The third kappa shape index (κ3) is 3.18. The molecular weight excluding hydrogens is 278 g/mol. The summed E-state index contributed by atoms with van der Waals surface area (Å²) in [6, 6.07) is 0.444. The summed E-state index contributed by atoms with van der Waals surface area (Å²) < 4.78 is 79.8. The molecule has 0 radical (unpaired) electrons. The number of ether oxygens (including phenoxy) is 1. The second-order valence-electron chi connectivity index (χ2n) is 3.70. The normalized spacial score (nSPS) is 12.4. The predicted octanol–water partition coefficient (Wildman–Crippen LogP) is 3.82. The highest BCUT2D eigenvalue weighted by atomic mass is 19.4. The molecule has 0 atom stereocenters. The lowest BCUT2D eigenvalue weighted by atomic mass is 9.98. The van der Waals surface area contributed by atoms with Crippen molar-refractivity contribution in [1.29, 1.82) is 0 Å². The van der Waals surface area contributed by atoms with E-state index >= 15 is 0 Å². The van der Waals surface area contributed by atoms with E-state index in [2.05, 4.69) is 4.74 Å². The molecule has 8 heteroatoms. The van der Waals surface area contributed by atoms with E-state index in [1.54, 1.807) is 0 Å². The average molecular weight is 286 g/mol. The van der Waals surface area contributed by atoms with Gasteiger partial charge < -0.3 is 4.74 Å². The first kappa shape index (κ1) is 15.3. The van der Waals surface area contributed by atoms with Gasteiger partial charge in [0.25, 0.3) is 0 Å². The zero-order valence-corrected chi connectivity index (χ0v) is 9.74. The predicted molar refractivity (Wildman–Crippen MR) is 52.5 cm³/mol. The number of aryl methyl sites for hydroxylation is 1. The Kier molecular flexibility index (Phi) is 3.83. The van der Waals surface area contributed by atoms with Crippen LogP contribution in [0.5, 0.6) is 0 Å². The van der Waals surface area contributed by atoms with Crippen molar-refractivity contribution in [1.82, 2.24) is 0 Å². The van der Waals surface area contributed by atoms with Gasteiger partial charge in [0.2, 0.25) is 0 Å². The maximum absolute atomic E-state index is 12.7. The molecule has 1 aromatic rings. The molecule has 1 aromatic carbocycles. The number of benzene rings is 1. The van der Waals surface area contributed by atoms with E-state index in [1.807, 2.05) is 0 Å². The van der Waals surface area contributed by atoms with Gasteiger partial charge in [-0.3, -0.25) is 0 Å². The van der Waals surface area contributed by atoms with E-state index in [0.29, 0.717) is 0 Å². The Hall–Kier alpha value is -1.73. The van der Waals surface area contributed by atoms with Crippen LogP contribution in [0.4, 0.5) is 26.3 Å². The molecule has 1 rings (SSSR count). The van der Waals surface area contributed by atoms with Crippen molar-refractivity contribution in [3.8, 4) is 0 Å². The van der Waals surface area contributed by atoms with Crippen LogP contribution >= 0.6 is 0 Å². The van der Waals surface area contributed by atoms with E-state index in [1.165, 1.54) is 0 Å². The van der Waals surface area contributed by atoms with Gasteiger partial charge in [-0.1, -0.05) is 0 Å². The molecule has 0 heterocycles. The maximum Gasteiger partial charge on any atom is 0.417 e. The van der Waals surface area contributed by atoms with Crippen LogP contribution in [0.1, 0.15) is 27.0 Å². The second-order valence-corrected chi connectivity index (χ2v) is 3.70. The molecule has 19 heavy (non-hydrogen) atoms. The number of methoxy groups -OCH3 is 1. The summed E-state index contributed by atoms with van der Waals surface area (Å²) >= 11 is 0. The molecule has 0 spiro atoms. The number of hydrogen-bond acceptors (Lipinski definition) is 2. The first-order valence-electron chi connectivity index (χ1n) is 4.86. The van der Waals surface area contributed by atoms with Gasteiger partial charge in [-0.2, -0.15) is 26.3 Å². The van der Waals surface area contributed by atoms with Gasteiger partial charge in [0.15, 0.2) is 0 Å². The van der Waals surface area contributed by atoms with Crippen LogP contribution in [-0.2, 0) is 17.1 Å². The topological polar surface area (TPSA) is 26.3 Å². The summed E-state index contributed by atoms with van der Waals surface area (Å²) in [7, 11) is 0.787. The molecule has 0 aliphatic carbocycles. The molecule has 0 amide bonds. The summed E-state index contributed by atoms with van der Waals surface area (Å²) in [4.78, 5) is 11.2. The Morgan fingerprint density at radius 2 is 1.47 bits per heavy atom. The number of alkyl halides is 6. The van der Waals surface area contributed by atoms with Crippen molar-refractivity contribution in [2.24, 2.45) is 0 Å². The molecule has 0 aliphatic heterocycles. The van der Waals surface area contributed by atoms with Gasteiger partial charge in [-0.15, -0.1) is 0 Å². The van der Waals surface area contributed by atoms with E-state index in [9.17, 15) is 31.1 Å². The van der Waals surface area contributed by atoms with Gasteiger partial charge in [0, 0.05) is 0 Å². The Morgan fingerprint density at radius 1 is 1.00 bits per heavy atom. The fraction of sp³-hybridized carbons (Fsp3) is 0.364. The van der Waals surface area contributed by atoms with E-state index in [0.717, 1.165) is 14.0 Å². The zero-order valence-electron chi connectivity index (χ0n) is 9.74. The summed E-state index contributed by atoms with van der Waals surface area (Å²) in [6.45, 7) is 0.888. The first-order valence-corrected chi connectivity index (χ1v) is 4.86. The molecule has 0 unspecified atom stereocenters. The average Bonchev–Trinajstić information content (AvgIpc) is 2.24. The highest BCUT2D eigenvalue weighted by Crippen LogP contribution is 2.38. The SMILES string of the molecule is COC(=O)c1cc(C(F)(F)F)c(C)cc1C(F)(F)F. The molecule has 0 aromatic heterocycles. The smallest absolute Gasteiger partial charge is 0.417 e. The maximum atomic E-state index is 12.7. The van der Waals surface area contributed by atoms with Crippen LogP contribution in [0.25, 0.3) is 0 Å². The fourth-order valence-corrected chi connectivity index (χ4v) is 1.53. The molecule has 0 bridgehead atoms. The Labute approximate surface area is 104 Å². The number of esters is 1. The minimum absolute atomic E-state index is 0.157. The van der Waals surface area contributed by atoms with Crippen LogP contribution in [0.15, 0.2) is 12.1 Å². The van der Waals surface area contributed by atoms with Crippen molar-refractivity contribution >= 4 is 5.97 Å².